The largest absolute Gasteiger partial charge is 0.376 e. The second-order valence-electron chi connectivity index (χ2n) is 7.45. The van der Waals surface area contributed by atoms with E-state index in [1.54, 1.807) is 0 Å². The predicted octanol–water partition coefficient (Wildman–Crippen LogP) is 2.40. The molecule has 0 saturated heterocycles. The van der Waals surface area contributed by atoms with Crippen LogP contribution in [0.1, 0.15) is 20.3 Å². The second kappa shape index (κ2) is 5.43. The first-order chi connectivity index (χ1) is 12.5. The van der Waals surface area contributed by atoms with Crippen molar-refractivity contribution in [2.24, 2.45) is 9.98 Å². The first-order valence-corrected chi connectivity index (χ1v) is 8.89. The van der Waals surface area contributed by atoms with Crippen LogP contribution >= 0.6 is 0 Å². The summed E-state index contributed by atoms with van der Waals surface area (Å²) in [5.41, 5.74) is 6.21. The van der Waals surface area contributed by atoms with Crippen molar-refractivity contribution in [1.82, 2.24) is 10.3 Å². The number of rotatable bonds is 0. The fourth-order valence-electron chi connectivity index (χ4n) is 3.85. The van der Waals surface area contributed by atoms with Crippen molar-refractivity contribution in [3.05, 3.63) is 82.0 Å². The van der Waals surface area contributed by atoms with Crippen molar-refractivity contribution in [1.29, 1.82) is 0 Å². The molecule has 0 amide bonds. The van der Waals surface area contributed by atoms with Crippen molar-refractivity contribution in [2.45, 2.75) is 25.8 Å². The molecule has 4 heteroatoms. The summed E-state index contributed by atoms with van der Waals surface area (Å²) in [6.45, 7) is 4.41. The first-order valence-electron chi connectivity index (χ1n) is 8.89. The molecule has 26 heavy (non-hydrogen) atoms. The lowest BCUT2D eigenvalue weighted by Crippen LogP contribution is -2.35. The van der Waals surface area contributed by atoms with Gasteiger partial charge >= 0.3 is 0 Å². The maximum atomic E-state index is 4.74. The molecule has 0 radical (unpaired) electrons. The third-order valence-electron chi connectivity index (χ3n) is 4.98. The molecular weight excluding hydrogens is 320 g/mol. The van der Waals surface area contributed by atoms with E-state index in [9.17, 15) is 0 Å². The van der Waals surface area contributed by atoms with Crippen LogP contribution in [0.3, 0.4) is 0 Å². The Labute approximate surface area is 152 Å². The van der Waals surface area contributed by atoms with Crippen LogP contribution in [-0.4, -0.2) is 21.9 Å². The van der Waals surface area contributed by atoms with E-state index in [1.807, 2.05) is 24.3 Å². The number of hydrogen-bond donors (Lipinski definition) is 2. The zero-order chi connectivity index (χ0) is 17.7. The lowest BCUT2D eigenvalue weighted by Gasteiger charge is -2.22. The van der Waals surface area contributed by atoms with E-state index in [1.165, 1.54) is 11.3 Å². The minimum atomic E-state index is -0.126. The molecule has 8 bridgehead atoms. The molecule has 0 fully saturated rings. The SMILES string of the molecule is CC1=C2C=c3ccc([nH]3)=CC3=NC(=CC4=NC(=CC(C)(C1)N2)C=C4)C=C3. The molecule has 0 saturated carbocycles. The van der Waals surface area contributed by atoms with Gasteiger partial charge in [-0.2, -0.15) is 0 Å². The molecule has 0 aromatic carbocycles. The van der Waals surface area contributed by atoms with Crippen LogP contribution in [0.5, 0.6) is 0 Å². The van der Waals surface area contributed by atoms with Gasteiger partial charge in [0.25, 0.3) is 0 Å². The molecule has 4 aliphatic rings. The Hall–Kier alpha value is -3.14. The van der Waals surface area contributed by atoms with Gasteiger partial charge in [0.2, 0.25) is 0 Å². The fourth-order valence-corrected chi connectivity index (χ4v) is 3.85. The van der Waals surface area contributed by atoms with E-state index in [0.717, 1.165) is 39.9 Å². The van der Waals surface area contributed by atoms with E-state index in [-0.39, 0.29) is 5.54 Å². The van der Waals surface area contributed by atoms with Crippen LogP contribution < -0.4 is 16.0 Å². The second-order valence-corrected chi connectivity index (χ2v) is 7.45. The first kappa shape index (κ1) is 15.1. The van der Waals surface area contributed by atoms with Crippen LogP contribution in [0.15, 0.2) is 81.2 Å². The Morgan fingerprint density at radius 1 is 0.885 bits per heavy atom. The highest BCUT2D eigenvalue weighted by Crippen LogP contribution is 2.31. The van der Waals surface area contributed by atoms with E-state index in [2.05, 4.69) is 65.6 Å². The number of allylic oxidation sites excluding steroid dienone is 6. The van der Waals surface area contributed by atoms with Gasteiger partial charge in [0.05, 0.1) is 28.4 Å². The Morgan fingerprint density at radius 3 is 2.42 bits per heavy atom. The smallest absolute Gasteiger partial charge is 0.0659 e. The number of aromatic nitrogens is 1. The van der Waals surface area contributed by atoms with Crippen molar-refractivity contribution < 1.29 is 0 Å². The zero-order valence-electron chi connectivity index (χ0n) is 14.9. The highest BCUT2D eigenvalue weighted by Gasteiger charge is 2.30. The summed E-state index contributed by atoms with van der Waals surface area (Å²) >= 11 is 0. The number of aliphatic imine (C=N–C) groups is 2. The summed E-state index contributed by atoms with van der Waals surface area (Å²) in [5.74, 6) is 0. The van der Waals surface area contributed by atoms with Crippen molar-refractivity contribution in [3.63, 3.8) is 0 Å². The molecule has 5 rings (SSSR count). The number of nitrogens with one attached hydrogen (secondary N) is 2. The minimum absolute atomic E-state index is 0.126. The maximum Gasteiger partial charge on any atom is 0.0659 e. The average molecular weight is 340 g/mol. The molecule has 4 nitrogen and oxygen atoms in total. The quantitative estimate of drug-likeness (QED) is 0.749. The number of H-pyrrole nitrogens is 1. The summed E-state index contributed by atoms with van der Waals surface area (Å²) in [6.07, 6.45) is 17.6. The topological polar surface area (TPSA) is 52.5 Å². The standard InChI is InChI=1S/C22H20N4/c1-14-12-22(2)13-20-8-7-18(25-20)10-16-4-3-15(23-16)9-17-5-6-19(24-17)11-21(14)26-22/h3-11,13,24,26H,12H2,1-2H3. The summed E-state index contributed by atoms with van der Waals surface area (Å²) in [7, 11) is 0. The summed E-state index contributed by atoms with van der Waals surface area (Å²) in [6, 6.07) is 4.19. The Balaban J connectivity index is 1.69. The van der Waals surface area contributed by atoms with E-state index in [4.69, 9.17) is 4.99 Å². The molecule has 1 unspecified atom stereocenters. The van der Waals surface area contributed by atoms with Gasteiger partial charge in [-0.1, -0.05) is 0 Å². The molecule has 128 valence electrons. The van der Waals surface area contributed by atoms with E-state index in [0.29, 0.717) is 0 Å². The van der Waals surface area contributed by atoms with Crippen LogP contribution in [0, 0.1) is 0 Å². The van der Waals surface area contributed by atoms with E-state index >= 15 is 0 Å². The number of aromatic amines is 1. The molecular formula is C22H20N4. The zero-order valence-corrected chi connectivity index (χ0v) is 14.9. The number of hydrogen-bond acceptors (Lipinski definition) is 3. The Morgan fingerprint density at radius 2 is 1.58 bits per heavy atom. The van der Waals surface area contributed by atoms with Crippen LogP contribution in [0.4, 0.5) is 0 Å². The molecule has 4 aliphatic heterocycles. The van der Waals surface area contributed by atoms with Crippen molar-refractivity contribution >= 4 is 23.6 Å². The number of nitrogens with zero attached hydrogens (tertiary/aromatic N) is 2. The normalized spacial score (nSPS) is 25.9. The molecule has 0 aliphatic carbocycles. The summed E-state index contributed by atoms with van der Waals surface area (Å²) < 4.78 is 0. The molecule has 1 aromatic heterocycles. The number of fused-ring (bicyclic) bond motifs is 6. The van der Waals surface area contributed by atoms with Crippen molar-refractivity contribution in [2.75, 3.05) is 0 Å². The molecule has 5 heterocycles. The van der Waals surface area contributed by atoms with Gasteiger partial charge in [-0.3, -0.25) is 0 Å². The van der Waals surface area contributed by atoms with Gasteiger partial charge in [-0.15, -0.1) is 0 Å². The Kier molecular flexibility index (Phi) is 3.16. The Bertz CT molecular complexity index is 1140. The third-order valence-corrected chi connectivity index (χ3v) is 4.98. The highest BCUT2D eigenvalue weighted by atomic mass is 15.0. The van der Waals surface area contributed by atoms with Gasteiger partial charge in [0.15, 0.2) is 0 Å². The summed E-state index contributed by atoms with van der Waals surface area (Å²) in [5, 5.41) is 5.81. The minimum Gasteiger partial charge on any atom is -0.376 e. The maximum absolute atomic E-state index is 4.74. The monoisotopic (exact) mass is 340 g/mol. The third kappa shape index (κ3) is 2.73. The fraction of sp³-hybridized carbons (Fsp3) is 0.182. The van der Waals surface area contributed by atoms with Crippen LogP contribution in [0.2, 0.25) is 0 Å². The van der Waals surface area contributed by atoms with Crippen LogP contribution in [-0.2, 0) is 0 Å². The van der Waals surface area contributed by atoms with Crippen molar-refractivity contribution in [3.8, 4) is 0 Å². The van der Waals surface area contributed by atoms with Crippen LogP contribution in [0.25, 0.3) is 12.2 Å². The average Bonchev–Trinajstić information content (AvgIpc) is 3.33. The highest BCUT2D eigenvalue weighted by molar-refractivity contribution is 6.19. The van der Waals surface area contributed by atoms with Gasteiger partial charge in [-0.05, 0) is 86.6 Å². The lowest BCUT2D eigenvalue weighted by atomic mass is 9.96. The molecule has 1 aromatic rings. The van der Waals surface area contributed by atoms with Gasteiger partial charge in [0.1, 0.15) is 0 Å². The molecule has 0 spiro atoms. The van der Waals surface area contributed by atoms with Gasteiger partial charge < -0.3 is 10.3 Å². The summed E-state index contributed by atoms with van der Waals surface area (Å²) in [4.78, 5) is 12.8. The van der Waals surface area contributed by atoms with E-state index < -0.39 is 0 Å². The predicted molar refractivity (Wildman–Crippen MR) is 107 cm³/mol. The van der Waals surface area contributed by atoms with Gasteiger partial charge in [0, 0.05) is 16.4 Å². The molecule has 1 atom stereocenters. The van der Waals surface area contributed by atoms with Gasteiger partial charge in [-0.25, -0.2) is 9.98 Å². The molecule has 2 N–H and O–H groups in total. The lowest BCUT2D eigenvalue weighted by molar-refractivity contribution is 0.525.